The molecule has 5 heteroatoms. The zero-order valence-electron chi connectivity index (χ0n) is 13.7. The van der Waals surface area contributed by atoms with Gasteiger partial charge in [-0.15, -0.1) is 11.3 Å². The predicted molar refractivity (Wildman–Crippen MR) is 102 cm³/mol. The molecule has 25 heavy (non-hydrogen) atoms. The van der Waals surface area contributed by atoms with Crippen molar-refractivity contribution in [3.8, 4) is 0 Å². The van der Waals surface area contributed by atoms with Crippen molar-refractivity contribution in [1.82, 2.24) is 9.55 Å². The zero-order valence-corrected chi connectivity index (χ0v) is 14.5. The van der Waals surface area contributed by atoms with E-state index < -0.39 is 0 Å². The third kappa shape index (κ3) is 3.06. The Labute approximate surface area is 149 Å². The van der Waals surface area contributed by atoms with Gasteiger partial charge in [0.25, 0.3) is 5.91 Å². The topological polar surface area (TPSA) is 46.9 Å². The van der Waals surface area contributed by atoms with Crippen LogP contribution in [0.25, 0.3) is 11.0 Å². The molecule has 0 spiro atoms. The molecule has 0 aliphatic rings. The van der Waals surface area contributed by atoms with Gasteiger partial charge in [0.1, 0.15) is 0 Å². The zero-order chi connectivity index (χ0) is 17.2. The lowest BCUT2D eigenvalue weighted by Crippen LogP contribution is -2.10. The average Bonchev–Trinajstić information content (AvgIpc) is 3.31. The Balaban J connectivity index is 1.62. The Bertz CT molecular complexity index is 1010. The molecule has 4 nitrogen and oxygen atoms in total. The maximum Gasteiger partial charge on any atom is 0.265 e. The second kappa shape index (κ2) is 6.53. The van der Waals surface area contributed by atoms with Crippen molar-refractivity contribution in [3.63, 3.8) is 0 Å². The number of anilines is 1. The summed E-state index contributed by atoms with van der Waals surface area (Å²) in [5.41, 5.74) is 3.90. The Kier molecular flexibility index (Phi) is 4.07. The number of nitrogens with one attached hydrogen (secondary N) is 1. The van der Waals surface area contributed by atoms with E-state index in [1.54, 1.807) is 0 Å². The van der Waals surface area contributed by atoms with Crippen LogP contribution in [-0.2, 0) is 0 Å². The van der Waals surface area contributed by atoms with Crippen LogP contribution in [0.3, 0.4) is 0 Å². The molecule has 0 saturated heterocycles. The van der Waals surface area contributed by atoms with Crippen LogP contribution in [0.4, 0.5) is 5.69 Å². The summed E-state index contributed by atoms with van der Waals surface area (Å²) in [6, 6.07) is 20.1. The molecule has 4 rings (SSSR count). The highest BCUT2D eigenvalue weighted by Crippen LogP contribution is 2.25. The number of hydrogen-bond acceptors (Lipinski definition) is 3. The minimum atomic E-state index is -0.0913. The fourth-order valence-electron chi connectivity index (χ4n) is 2.91. The van der Waals surface area contributed by atoms with E-state index >= 15 is 0 Å². The van der Waals surface area contributed by atoms with Crippen molar-refractivity contribution >= 4 is 34.0 Å². The number of aromatic nitrogens is 2. The lowest BCUT2D eigenvalue weighted by molar-refractivity contribution is 0.103. The number of amides is 1. The Morgan fingerprint density at radius 3 is 2.72 bits per heavy atom. The SMILES string of the molecule is C[C@H](c1ccccc1)n1cnc2cc(NC(=O)c3cccs3)ccc21. The van der Waals surface area contributed by atoms with Crippen LogP contribution in [0, 0.1) is 0 Å². The third-order valence-corrected chi connectivity index (χ3v) is 5.15. The highest BCUT2D eigenvalue weighted by Gasteiger charge is 2.13. The van der Waals surface area contributed by atoms with Gasteiger partial charge in [0.2, 0.25) is 0 Å². The van der Waals surface area contributed by atoms with Crippen LogP contribution >= 0.6 is 11.3 Å². The van der Waals surface area contributed by atoms with Crippen LogP contribution in [0.15, 0.2) is 72.4 Å². The van der Waals surface area contributed by atoms with Crippen molar-refractivity contribution < 1.29 is 4.79 Å². The van der Waals surface area contributed by atoms with Gasteiger partial charge >= 0.3 is 0 Å². The van der Waals surface area contributed by atoms with E-state index in [0.29, 0.717) is 4.88 Å². The quantitative estimate of drug-likeness (QED) is 0.567. The summed E-state index contributed by atoms with van der Waals surface area (Å²) in [4.78, 5) is 17.4. The fraction of sp³-hybridized carbons (Fsp3) is 0.100. The molecule has 0 bridgehead atoms. The minimum absolute atomic E-state index is 0.0913. The number of fused-ring (bicyclic) bond motifs is 1. The molecule has 4 aromatic rings. The molecule has 1 atom stereocenters. The fourth-order valence-corrected chi connectivity index (χ4v) is 3.53. The minimum Gasteiger partial charge on any atom is -0.323 e. The number of thiophene rings is 1. The maximum absolute atomic E-state index is 12.2. The Morgan fingerprint density at radius 1 is 1.12 bits per heavy atom. The summed E-state index contributed by atoms with van der Waals surface area (Å²) in [5, 5.41) is 4.82. The van der Waals surface area contributed by atoms with E-state index in [-0.39, 0.29) is 11.9 Å². The van der Waals surface area contributed by atoms with Gasteiger partial charge in [-0.1, -0.05) is 36.4 Å². The highest BCUT2D eigenvalue weighted by molar-refractivity contribution is 7.12. The van der Waals surface area contributed by atoms with Crippen molar-refractivity contribution in [3.05, 3.63) is 82.8 Å². The molecule has 124 valence electrons. The molecule has 0 radical (unpaired) electrons. The number of rotatable bonds is 4. The Hall–Kier alpha value is -2.92. The van der Waals surface area contributed by atoms with E-state index in [0.717, 1.165) is 16.7 Å². The van der Waals surface area contributed by atoms with Gasteiger partial charge < -0.3 is 9.88 Å². The second-order valence-corrected chi connectivity index (χ2v) is 6.82. The monoisotopic (exact) mass is 347 g/mol. The lowest BCUT2D eigenvalue weighted by atomic mass is 10.1. The first-order valence-electron chi connectivity index (χ1n) is 8.09. The van der Waals surface area contributed by atoms with E-state index in [4.69, 9.17) is 0 Å². The summed E-state index contributed by atoms with van der Waals surface area (Å²) in [6.07, 6.45) is 1.85. The van der Waals surface area contributed by atoms with Crippen molar-refractivity contribution in [2.24, 2.45) is 0 Å². The number of hydrogen-bond donors (Lipinski definition) is 1. The maximum atomic E-state index is 12.2. The molecule has 1 amide bonds. The standard InChI is InChI=1S/C20H17N3OS/c1-14(15-6-3-2-4-7-15)23-13-21-17-12-16(9-10-18(17)23)22-20(24)19-8-5-11-25-19/h2-14H,1H3,(H,22,24)/t14-/m1/s1. The molecule has 0 aliphatic carbocycles. The number of nitrogens with zero attached hydrogens (tertiary/aromatic N) is 2. The van der Waals surface area contributed by atoms with Crippen molar-refractivity contribution in [2.45, 2.75) is 13.0 Å². The lowest BCUT2D eigenvalue weighted by Gasteiger charge is -2.15. The molecule has 2 aromatic carbocycles. The second-order valence-electron chi connectivity index (χ2n) is 5.87. The average molecular weight is 347 g/mol. The summed E-state index contributed by atoms with van der Waals surface area (Å²) < 4.78 is 2.15. The van der Waals surface area contributed by atoms with E-state index in [9.17, 15) is 4.79 Å². The number of carbonyl (C=O) groups excluding carboxylic acids is 1. The largest absolute Gasteiger partial charge is 0.323 e. The van der Waals surface area contributed by atoms with Crippen LogP contribution in [0.5, 0.6) is 0 Å². The van der Waals surface area contributed by atoms with Gasteiger partial charge in [-0.2, -0.15) is 0 Å². The summed E-state index contributed by atoms with van der Waals surface area (Å²) in [6.45, 7) is 2.16. The number of benzene rings is 2. The molecule has 2 heterocycles. The van der Waals surface area contributed by atoms with E-state index in [1.807, 2.05) is 60.2 Å². The third-order valence-electron chi connectivity index (χ3n) is 4.28. The van der Waals surface area contributed by atoms with Gasteiger partial charge in [0, 0.05) is 5.69 Å². The molecule has 0 aliphatic heterocycles. The molecular weight excluding hydrogens is 330 g/mol. The molecule has 2 aromatic heterocycles. The molecule has 1 N–H and O–H groups in total. The van der Waals surface area contributed by atoms with Gasteiger partial charge in [-0.3, -0.25) is 4.79 Å². The van der Waals surface area contributed by atoms with E-state index in [2.05, 4.69) is 33.9 Å². The smallest absolute Gasteiger partial charge is 0.265 e. The number of carbonyl (C=O) groups is 1. The normalized spacial score (nSPS) is 12.2. The van der Waals surface area contributed by atoms with Gasteiger partial charge in [-0.05, 0) is 42.1 Å². The molecule has 0 fully saturated rings. The first-order valence-corrected chi connectivity index (χ1v) is 8.97. The van der Waals surface area contributed by atoms with Crippen LogP contribution < -0.4 is 5.32 Å². The first kappa shape index (κ1) is 15.6. The van der Waals surface area contributed by atoms with Crippen molar-refractivity contribution in [2.75, 3.05) is 5.32 Å². The van der Waals surface area contributed by atoms with Crippen LogP contribution in [-0.4, -0.2) is 15.5 Å². The molecular formula is C20H17N3OS. The van der Waals surface area contributed by atoms with Gasteiger partial charge in [0.05, 0.1) is 28.3 Å². The van der Waals surface area contributed by atoms with Gasteiger partial charge in [0.15, 0.2) is 0 Å². The highest BCUT2D eigenvalue weighted by atomic mass is 32.1. The molecule has 0 unspecified atom stereocenters. The Morgan fingerprint density at radius 2 is 1.96 bits per heavy atom. The predicted octanol–water partition coefficient (Wildman–Crippen LogP) is 4.96. The summed E-state index contributed by atoms with van der Waals surface area (Å²) >= 11 is 1.43. The molecule has 0 saturated carbocycles. The van der Waals surface area contributed by atoms with E-state index in [1.165, 1.54) is 16.9 Å². The van der Waals surface area contributed by atoms with Crippen LogP contribution in [0.1, 0.15) is 28.2 Å². The summed E-state index contributed by atoms with van der Waals surface area (Å²) in [5.74, 6) is -0.0913. The summed E-state index contributed by atoms with van der Waals surface area (Å²) in [7, 11) is 0. The van der Waals surface area contributed by atoms with Gasteiger partial charge in [-0.25, -0.2) is 4.98 Å². The first-order chi connectivity index (χ1) is 12.2. The van der Waals surface area contributed by atoms with Crippen LogP contribution in [0.2, 0.25) is 0 Å². The number of imidazole rings is 1. The van der Waals surface area contributed by atoms with Crippen molar-refractivity contribution in [1.29, 1.82) is 0 Å².